The number of benzene rings is 1. The van der Waals surface area contributed by atoms with Crippen LogP contribution < -0.4 is 10.2 Å². The van der Waals surface area contributed by atoms with Gasteiger partial charge in [-0.25, -0.2) is 0 Å². The SMILES string of the molecule is C[NH+]1CC[C@H]2C(=O)Nc3ccccc3S[C@@H]2C1. The average Bonchev–Trinajstić information content (AvgIpc) is 2.44. The number of rotatable bonds is 0. The number of carbonyl (C=O) groups excluding carboxylic acids is 1. The second kappa shape index (κ2) is 4.35. The van der Waals surface area contributed by atoms with Crippen molar-refractivity contribution in [2.24, 2.45) is 5.92 Å². The van der Waals surface area contributed by atoms with Crippen molar-refractivity contribution in [3.8, 4) is 0 Å². The summed E-state index contributed by atoms with van der Waals surface area (Å²) >= 11 is 1.87. The largest absolute Gasteiger partial charge is 0.336 e. The van der Waals surface area contributed by atoms with Crippen molar-refractivity contribution in [3.05, 3.63) is 24.3 Å². The lowest BCUT2D eigenvalue weighted by molar-refractivity contribution is -0.884. The maximum Gasteiger partial charge on any atom is 0.229 e. The van der Waals surface area contributed by atoms with Crippen molar-refractivity contribution in [2.45, 2.75) is 16.6 Å². The Bertz CT molecular complexity index is 449. The lowest BCUT2D eigenvalue weighted by atomic mass is 9.95. The highest BCUT2D eigenvalue weighted by molar-refractivity contribution is 8.00. The number of thioether (sulfide) groups is 1. The number of amides is 1. The first kappa shape index (κ1) is 11.1. The van der Waals surface area contributed by atoms with Gasteiger partial charge in [0.1, 0.15) is 0 Å². The number of fused-ring (bicyclic) bond motifs is 2. The molecule has 1 amide bonds. The average molecular weight is 249 g/mol. The summed E-state index contributed by atoms with van der Waals surface area (Å²) in [5, 5.41) is 3.49. The van der Waals surface area contributed by atoms with E-state index in [1.807, 2.05) is 30.0 Å². The molecule has 3 rings (SSSR count). The molecule has 3 nitrogen and oxygen atoms in total. The molecule has 0 aromatic heterocycles. The van der Waals surface area contributed by atoms with Crippen molar-refractivity contribution in [1.82, 2.24) is 0 Å². The molecule has 1 unspecified atom stereocenters. The molecule has 1 fully saturated rings. The third-order valence-corrected chi connectivity index (χ3v) is 5.05. The topological polar surface area (TPSA) is 33.5 Å². The van der Waals surface area contributed by atoms with Crippen LogP contribution in [0.15, 0.2) is 29.2 Å². The fourth-order valence-electron chi connectivity index (χ4n) is 2.66. The van der Waals surface area contributed by atoms with Crippen LogP contribution >= 0.6 is 11.8 Å². The fraction of sp³-hybridized carbons (Fsp3) is 0.462. The van der Waals surface area contributed by atoms with Gasteiger partial charge < -0.3 is 10.2 Å². The Morgan fingerprint density at radius 3 is 3.12 bits per heavy atom. The molecule has 0 aliphatic carbocycles. The predicted molar refractivity (Wildman–Crippen MR) is 69.4 cm³/mol. The smallest absolute Gasteiger partial charge is 0.229 e. The number of carbonyl (C=O) groups is 1. The Labute approximate surface area is 106 Å². The maximum absolute atomic E-state index is 12.2. The van der Waals surface area contributed by atoms with E-state index in [0.29, 0.717) is 5.25 Å². The lowest BCUT2D eigenvalue weighted by Gasteiger charge is -2.31. The van der Waals surface area contributed by atoms with E-state index in [1.54, 1.807) is 0 Å². The van der Waals surface area contributed by atoms with E-state index in [1.165, 1.54) is 9.80 Å². The van der Waals surface area contributed by atoms with E-state index in [0.717, 1.165) is 25.2 Å². The maximum atomic E-state index is 12.2. The zero-order valence-electron chi connectivity index (χ0n) is 9.90. The molecule has 2 heterocycles. The van der Waals surface area contributed by atoms with Crippen LogP contribution in [0.3, 0.4) is 0 Å². The summed E-state index contributed by atoms with van der Waals surface area (Å²) in [6, 6.07) is 8.12. The first-order chi connectivity index (χ1) is 8.24. The van der Waals surface area contributed by atoms with E-state index in [9.17, 15) is 4.79 Å². The normalized spacial score (nSPS) is 32.1. The number of piperidine rings is 1. The quantitative estimate of drug-likeness (QED) is 0.707. The first-order valence-corrected chi connectivity index (χ1v) is 7.00. The first-order valence-electron chi connectivity index (χ1n) is 6.12. The van der Waals surface area contributed by atoms with Gasteiger partial charge in [-0.2, -0.15) is 0 Å². The number of para-hydroxylation sites is 1. The molecule has 4 heteroatoms. The standard InChI is InChI=1S/C13H16N2OS/c1-15-7-6-9-12(8-15)17-11-5-3-2-4-10(11)14-13(9)16/h2-5,9,12H,6-8H2,1H3,(H,14,16)/p+1/t9-,12-/m1/s1. The van der Waals surface area contributed by atoms with E-state index in [-0.39, 0.29) is 11.8 Å². The Balaban J connectivity index is 1.94. The molecule has 0 spiro atoms. The highest BCUT2D eigenvalue weighted by Crippen LogP contribution is 2.38. The second-order valence-electron chi connectivity index (χ2n) is 4.95. The van der Waals surface area contributed by atoms with Crippen molar-refractivity contribution >= 4 is 23.4 Å². The molecule has 2 aliphatic rings. The van der Waals surface area contributed by atoms with Gasteiger partial charge in [0.15, 0.2) is 0 Å². The van der Waals surface area contributed by atoms with Crippen LogP contribution in [0, 0.1) is 5.92 Å². The van der Waals surface area contributed by atoms with Gasteiger partial charge in [0.25, 0.3) is 0 Å². The van der Waals surface area contributed by atoms with Gasteiger partial charge in [0.05, 0.1) is 37.0 Å². The van der Waals surface area contributed by atoms with Gasteiger partial charge in [0, 0.05) is 11.3 Å². The minimum Gasteiger partial charge on any atom is -0.336 e. The van der Waals surface area contributed by atoms with E-state index < -0.39 is 0 Å². The van der Waals surface area contributed by atoms with Crippen LogP contribution in [-0.4, -0.2) is 31.3 Å². The molecule has 3 atom stereocenters. The molecule has 0 radical (unpaired) electrons. The van der Waals surface area contributed by atoms with Gasteiger partial charge in [-0.3, -0.25) is 4.79 Å². The van der Waals surface area contributed by atoms with Gasteiger partial charge in [-0.05, 0) is 12.1 Å². The third kappa shape index (κ3) is 2.07. The Kier molecular flexibility index (Phi) is 2.84. The van der Waals surface area contributed by atoms with Gasteiger partial charge >= 0.3 is 0 Å². The molecule has 1 saturated heterocycles. The Hall–Kier alpha value is -1.00. The monoisotopic (exact) mass is 249 g/mol. The number of likely N-dealkylation sites (tertiary alicyclic amines) is 1. The summed E-state index contributed by atoms with van der Waals surface area (Å²) in [5.74, 6) is 0.385. The molecule has 2 aliphatic heterocycles. The Morgan fingerprint density at radius 1 is 1.41 bits per heavy atom. The number of hydrogen-bond donors (Lipinski definition) is 2. The Morgan fingerprint density at radius 2 is 2.24 bits per heavy atom. The molecule has 90 valence electrons. The van der Waals surface area contributed by atoms with Gasteiger partial charge in [0.2, 0.25) is 5.91 Å². The lowest BCUT2D eigenvalue weighted by Crippen LogP contribution is -3.11. The third-order valence-electron chi connectivity index (χ3n) is 3.64. The predicted octanol–water partition coefficient (Wildman–Crippen LogP) is 0.634. The summed E-state index contributed by atoms with van der Waals surface area (Å²) in [4.78, 5) is 14.9. The molecule has 0 bridgehead atoms. The summed E-state index contributed by atoms with van der Waals surface area (Å²) in [7, 11) is 2.21. The number of hydrogen-bond acceptors (Lipinski definition) is 2. The van der Waals surface area contributed by atoms with Crippen LogP contribution in [0.25, 0.3) is 0 Å². The van der Waals surface area contributed by atoms with Crippen LogP contribution in [0.5, 0.6) is 0 Å². The van der Waals surface area contributed by atoms with Crippen molar-refractivity contribution in [2.75, 3.05) is 25.5 Å². The highest BCUT2D eigenvalue weighted by atomic mass is 32.2. The van der Waals surface area contributed by atoms with Crippen molar-refractivity contribution in [3.63, 3.8) is 0 Å². The van der Waals surface area contributed by atoms with Crippen LogP contribution in [0.4, 0.5) is 5.69 Å². The van der Waals surface area contributed by atoms with E-state index in [4.69, 9.17) is 0 Å². The number of nitrogens with one attached hydrogen (secondary N) is 2. The molecular weight excluding hydrogens is 232 g/mol. The summed E-state index contributed by atoms with van der Waals surface area (Å²) in [5.41, 5.74) is 0.981. The molecule has 1 aromatic rings. The second-order valence-corrected chi connectivity index (χ2v) is 6.23. The summed E-state index contributed by atoms with van der Waals surface area (Å²) in [6.07, 6.45) is 1.00. The molecule has 1 aromatic carbocycles. The zero-order chi connectivity index (χ0) is 11.8. The van der Waals surface area contributed by atoms with E-state index >= 15 is 0 Å². The fourth-order valence-corrected chi connectivity index (χ4v) is 4.18. The van der Waals surface area contributed by atoms with Crippen LogP contribution in [0.1, 0.15) is 6.42 Å². The molecule has 2 N–H and O–H groups in total. The zero-order valence-corrected chi connectivity index (χ0v) is 10.7. The summed E-state index contributed by atoms with van der Waals surface area (Å²) in [6.45, 7) is 2.18. The molecular formula is C13H17N2OS+. The number of quaternary nitrogens is 1. The van der Waals surface area contributed by atoms with Crippen molar-refractivity contribution in [1.29, 1.82) is 0 Å². The minimum absolute atomic E-state index is 0.177. The van der Waals surface area contributed by atoms with Crippen LogP contribution in [-0.2, 0) is 4.79 Å². The summed E-state index contributed by atoms with van der Waals surface area (Å²) < 4.78 is 0. The van der Waals surface area contributed by atoms with Crippen LogP contribution in [0.2, 0.25) is 0 Å². The highest BCUT2D eigenvalue weighted by Gasteiger charge is 2.38. The molecule has 0 saturated carbocycles. The number of anilines is 1. The van der Waals surface area contributed by atoms with Crippen molar-refractivity contribution < 1.29 is 9.69 Å². The van der Waals surface area contributed by atoms with Gasteiger partial charge in [-0.15, -0.1) is 11.8 Å². The molecule has 17 heavy (non-hydrogen) atoms. The van der Waals surface area contributed by atoms with E-state index in [2.05, 4.69) is 18.4 Å². The minimum atomic E-state index is 0.177. The van der Waals surface area contributed by atoms with Gasteiger partial charge in [-0.1, -0.05) is 12.1 Å².